The minimum absolute atomic E-state index is 0.172. The van der Waals surface area contributed by atoms with Gasteiger partial charge in [0.25, 0.3) is 0 Å². The van der Waals surface area contributed by atoms with Crippen LogP contribution in [0.1, 0.15) is 4.88 Å². The molecule has 2 rings (SSSR count). The van der Waals surface area contributed by atoms with Gasteiger partial charge in [0.05, 0.1) is 6.20 Å². The molecule has 0 saturated carbocycles. The third-order valence-electron chi connectivity index (χ3n) is 1.42. The van der Waals surface area contributed by atoms with E-state index in [4.69, 9.17) is 5.73 Å². The lowest BCUT2D eigenvalue weighted by atomic mass is 10.5. The van der Waals surface area contributed by atoms with Crippen LogP contribution in [0.4, 0.5) is 5.95 Å². The van der Waals surface area contributed by atoms with Crippen molar-refractivity contribution in [3.8, 4) is 10.7 Å². The minimum atomic E-state index is 0.172. The van der Waals surface area contributed by atoms with Crippen molar-refractivity contribution in [2.45, 2.75) is 6.92 Å². The highest BCUT2D eigenvalue weighted by atomic mass is 32.1. The van der Waals surface area contributed by atoms with Gasteiger partial charge in [-0.2, -0.15) is 5.10 Å². The second kappa shape index (κ2) is 3.06. The zero-order chi connectivity index (χ0) is 9.26. The van der Waals surface area contributed by atoms with E-state index < -0.39 is 0 Å². The van der Waals surface area contributed by atoms with Crippen LogP contribution in [0.2, 0.25) is 0 Å². The van der Waals surface area contributed by atoms with Crippen LogP contribution < -0.4 is 5.73 Å². The second-order valence-corrected chi connectivity index (χ2v) is 3.71. The highest BCUT2D eigenvalue weighted by molar-refractivity contribution is 7.14. The zero-order valence-corrected chi connectivity index (χ0v) is 7.75. The molecule has 2 heterocycles. The van der Waals surface area contributed by atoms with Crippen LogP contribution >= 0.6 is 11.3 Å². The number of thiazole rings is 1. The van der Waals surface area contributed by atoms with Crippen molar-refractivity contribution < 1.29 is 0 Å². The number of nitrogen functional groups attached to an aromatic ring is 1. The van der Waals surface area contributed by atoms with Crippen LogP contribution in [-0.4, -0.2) is 20.2 Å². The summed E-state index contributed by atoms with van der Waals surface area (Å²) in [5.41, 5.74) is 6.07. The van der Waals surface area contributed by atoms with Gasteiger partial charge < -0.3 is 5.73 Å². The van der Waals surface area contributed by atoms with Crippen molar-refractivity contribution in [1.82, 2.24) is 20.2 Å². The van der Waals surface area contributed by atoms with Crippen molar-refractivity contribution >= 4 is 17.3 Å². The Labute approximate surface area is 78.7 Å². The van der Waals surface area contributed by atoms with Crippen molar-refractivity contribution in [2.24, 2.45) is 0 Å². The Morgan fingerprint density at radius 1 is 1.38 bits per heavy atom. The largest absolute Gasteiger partial charge is 0.366 e. The molecule has 0 spiro atoms. The average Bonchev–Trinajstić information content (AvgIpc) is 2.52. The van der Waals surface area contributed by atoms with E-state index in [9.17, 15) is 0 Å². The Bertz CT molecular complexity index is 424. The fourth-order valence-electron chi connectivity index (χ4n) is 0.894. The van der Waals surface area contributed by atoms with Crippen molar-refractivity contribution in [2.75, 3.05) is 5.73 Å². The Morgan fingerprint density at radius 3 is 2.85 bits per heavy atom. The SMILES string of the molecule is Cc1cnc(-c2cnnc(N)n2)s1. The van der Waals surface area contributed by atoms with E-state index in [0.717, 1.165) is 9.88 Å². The number of rotatable bonds is 1. The summed E-state index contributed by atoms with van der Waals surface area (Å²) < 4.78 is 0. The predicted molar refractivity (Wildman–Crippen MR) is 50.1 cm³/mol. The monoisotopic (exact) mass is 193 g/mol. The average molecular weight is 193 g/mol. The van der Waals surface area contributed by atoms with Crippen LogP contribution in [0.3, 0.4) is 0 Å². The number of aromatic nitrogens is 4. The highest BCUT2D eigenvalue weighted by Crippen LogP contribution is 2.21. The number of hydrogen-bond acceptors (Lipinski definition) is 6. The van der Waals surface area contributed by atoms with Gasteiger partial charge in [-0.25, -0.2) is 9.97 Å². The smallest absolute Gasteiger partial charge is 0.240 e. The summed E-state index contributed by atoms with van der Waals surface area (Å²) in [6, 6.07) is 0. The van der Waals surface area contributed by atoms with E-state index >= 15 is 0 Å². The molecule has 0 aromatic carbocycles. The number of aryl methyl sites for hydroxylation is 1. The fraction of sp³-hybridized carbons (Fsp3) is 0.143. The van der Waals surface area contributed by atoms with Crippen molar-refractivity contribution in [3.05, 3.63) is 17.3 Å². The lowest BCUT2D eigenvalue weighted by Gasteiger charge is -1.93. The molecule has 0 atom stereocenters. The summed E-state index contributed by atoms with van der Waals surface area (Å²) >= 11 is 1.55. The first kappa shape index (κ1) is 8.06. The summed E-state index contributed by atoms with van der Waals surface area (Å²) in [7, 11) is 0. The van der Waals surface area contributed by atoms with E-state index in [-0.39, 0.29) is 5.95 Å². The molecule has 6 heteroatoms. The molecule has 0 amide bonds. The van der Waals surface area contributed by atoms with Crippen LogP contribution in [-0.2, 0) is 0 Å². The molecule has 66 valence electrons. The van der Waals surface area contributed by atoms with Crippen LogP contribution in [0.25, 0.3) is 10.7 Å². The van der Waals surface area contributed by atoms with Crippen molar-refractivity contribution in [3.63, 3.8) is 0 Å². The standard InChI is InChI=1S/C7H7N5S/c1-4-2-9-6(13-4)5-3-10-12-7(8)11-5/h2-3H,1H3,(H2,8,11,12). The molecule has 13 heavy (non-hydrogen) atoms. The number of nitrogens with zero attached hydrogens (tertiary/aromatic N) is 4. The first-order valence-corrected chi connectivity index (χ1v) is 4.45. The number of anilines is 1. The van der Waals surface area contributed by atoms with Gasteiger partial charge in [0.15, 0.2) is 0 Å². The maximum absolute atomic E-state index is 5.39. The van der Waals surface area contributed by atoms with E-state index in [1.807, 2.05) is 6.92 Å². The first-order valence-electron chi connectivity index (χ1n) is 3.64. The summed E-state index contributed by atoms with van der Waals surface area (Å²) in [6.45, 7) is 1.99. The molecule has 0 aliphatic carbocycles. The quantitative estimate of drug-likeness (QED) is 0.727. The maximum atomic E-state index is 5.39. The third-order valence-corrected chi connectivity index (χ3v) is 2.35. The van der Waals surface area contributed by atoms with Gasteiger partial charge in [-0.3, -0.25) is 0 Å². The van der Waals surface area contributed by atoms with Gasteiger partial charge >= 0.3 is 0 Å². The van der Waals surface area contributed by atoms with Gasteiger partial charge in [-0.1, -0.05) is 0 Å². The number of nitrogens with two attached hydrogens (primary N) is 1. The summed E-state index contributed by atoms with van der Waals surface area (Å²) in [5.74, 6) is 0.172. The summed E-state index contributed by atoms with van der Waals surface area (Å²) in [4.78, 5) is 9.30. The first-order chi connectivity index (χ1) is 6.25. The minimum Gasteiger partial charge on any atom is -0.366 e. The lowest BCUT2D eigenvalue weighted by Crippen LogP contribution is -1.97. The fourth-order valence-corrected chi connectivity index (χ4v) is 1.61. The molecule has 5 nitrogen and oxygen atoms in total. The van der Waals surface area contributed by atoms with Crippen LogP contribution in [0.15, 0.2) is 12.4 Å². The molecule has 0 bridgehead atoms. The van der Waals surface area contributed by atoms with E-state index in [1.54, 1.807) is 23.7 Å². The second-order valence-electron chi connectivity index (χ2n) is 2.48. The summed E-state index contributed by atoms with van der Waals surface area (Å²) in [6.07, 6.45) is 3.34. The lowest BCUT2D eigenvalue weighted by molar-refractivity contribution is 0.989. The molecule has 0 saturated heterocycles. The Hall–Kier alpha value is -1.56. The Kier molecular flexibility index (Phi) is 1.90. The van der Waals surface area contributed by atoms with Gasteiger partial charge in [-0.15, -0.1) is 16.4 Å². The third kappa shape index (κ3) is 1.62. The number of hydrogen-bond donors (Lipinski definition) is 1. The van der Waals surface area contributed by atoms with Gasteiger partial charge in [0.2, 0.25) is 5.95 Å². The topological polar surface area (TPSA) is 77.6 Å². The Morgan fingerprint density at radius 2 is 2.23 bits per heavy atom. The van der Waals surface area contributed by atoms with E-state index in [0.29, 0.717) is 5.69 Å². The molecule has 2 aromatic heterocycles. The zero-order valence-electron chi connectivity index (χ0n) is 6.93. The van der Waals surface area contributed by atoms with Crippen LogP contribution in [0, 0.1) is 6.92 Å². The van der Waals surface area contributed by atoms with E-state index in [2.05, 4.69) is 20.2 Å². The molecule has 0 fully saturated rings. The van der Waals surface area contributed by atoms with Crippen molar-refractivity contribution in [1.29, 1.82) is 0 Å². The molecule has 0 aliphatic heterocycles. The van der Waals surface area contributed by atoms with Crippen LogP contribution in [0.5, 0.6) is 0 Å². The summed E-state index contributed by atoms with van der Waals surface area (Å²) in [5, 5.41) is 8.08. The van der Waals surface area contributed by atoms with Gasteiger partial charge in [0, 0.05) is 11.1 Å². The molecular formula is C7H7N5S. The maximum Gasteiger partial charge on any atom is 0.240 e. The molecule has 2 N–H and O–H groups in total. The molecule has 0 unspecified atom stereocenters. The van der Waals surface area contributed by atoms with Gasteiger partial charge in [-0.05, 0) is 6.92 Å². The molecule has 0 aliphatic rings. The predicted octanol–water partition coefficient (Wildman–Crippen LogP) is 0.886. The highest BCUT2D eigenvalue weighted by Gasteiger charge is 2.04. The van der Waals surface area contributed by atoms with E-state index in [1.165, 1.54) is 0 Å². The van der Waals surface area contributed by atoms with Gasteiger partial charge in [0.1, 0.15) is 10.7 Å². The molecule has 2 aromatic rings. The normalized spacial score (nSPS) is 10.2. The molecule has 0 radical (unpaired) electrons. The Balaban J connectivity index is 2.46. The molecular weight excluding hydrogens is 186 g/mol.